The highest BCUT2D eigenvalue weighted by molar-refractivity contribution is 7.91. The van der Waals surface area contributed by atoms with Crippen LogP contribution in [0.2, 0.25) is 0 Å². The van der Waals surface area contributed by atoms with E-state index in [0.29, 0.717) is 6.54 Å². The molecule has 1 aromatic carbocycles. The molecule has 2 rings (SSSR count). The maximum absolute atomic E-state index is 12.8. The van der Waals surface area contributed by atoms with Crippen molar-refractivity contribution < 1.29 is 12.8 Å². The van der Waals surface area contributed by atoms with E-state index in [1.807, 2.05) is 0 Å². The van der Waals surface area contributed by atoms with E-state index in [9.17, 15) is 12.8 Å². The van der Waals surface area contributed by atoms with Gasteiger partial charge >= 0.3 is 0 Å². The predicted octanol–water partition coefficient (Wildman–Crippen LogP) is 2.17. The van der Waals surface area contributed by atoms with Crippen LogP contribution >= 0.6 is 11.3 Å². The van der Waals surface area contributed by atoms with Gasteiger partial charge in [0.15, 0.2) is 0 Å². The molecule has 0 atom stereocenters. The molecule has 0 radical (unpaired) electrons. The molecule has 0 bridgehead atoms. The number of thiophene rings is 1. The van der Waals surface area contributed by atoms with Gasteiger partial charge in [0.1, 0.15) is 10.0 Å². The summed E-state index contributed by atoms with van der Waals surface area (Å²) in [4.78, 5) is 0. The molecule has 0 aliphatic heterocycles. The highest BCUT2D eigenvalue weighted by Gasteiger charge is 2.22. The lowest BCUT2D eigenvalue weighted by atomic mass is 10.2. The van der Waals surface area contributed by atoms with Crippen LogP contribution in [-0.2, 0) is 23.1 Å². The maximum atomic E-state index is 12.8. The van der Waals surface area contributed by atoms with E-state index in [4.69, 9.17) is 5.73 Å². The number of hydrogen-bond acceptors (Lipinski definition) is 4. The molecule has 0 saturated heterocycles. The first-order valence-corrected chi connectivity index (χ1v) is 8.23. The van der Waals surface area contributed by atoms with Gasteiger partial charge in [-0.1, -0.05) is 12.1 Å². The number of hydrogen-bond donors (Lipinski definition) is 1. The van der Waals surface area contributed by atoms with Crippen molar-refractivity contribution in [1.82, 2.24) is 4.31 Å². The van der Waals surface area contributed by atoms with Crippen molar-refractivity contribution in [2.24, 2.45) is 5.73 Å². The van der Waals surface area contributed by atoms with Crippen molar-refractivity contribution in [3.05, 3.63) is 52.7 Å². The largest absolute Gasteiger partial charge is 0.326 e. The third kappa shape index (κ3) is 3.24. The first-order valence-electron chi connectivity index (χ1n) is 5.92. The summed E-state index contributed by atoms with van der Waals surface area (Å²) in [6, 6.07) is 7.35. The molecule has 0 saturated carbocycles. The fourth-order valence-electron chi connectivity index (χ4n) is 1.68. The average molecular weight is 314 g/mol. The van der Waals surface area contributed by atoms with Crippen LogP contribution in [0.1, 0.15) is 11.1 Å². The van der Waals surface area contributed by atoms with Gasteiger partial charge in [0.25, 0.3) is 10.0 Å². The van der Waals surface area contributed by atoms with Crippen LogP contribution in [0, 0.1) is 5.82 Å². The van der Waals surface area contributed by atoms with Crippen molar-refractivity contribution in [3.63, 3.8) is 0 Å². The van der Waals surface area contributed by atoms with E-state index in [-0.39, 0.29) is 16.6 Å². The summed E-state index contributed by atoms with van der Waals surface area (Å²) in [7, 11) is -2.03. The Morgan fingerprint density at radius 2 is 1.90 bits per heavy atom. The highest BCUT2D eigenvalue weighted by Crippen LogP contribution is 2.24. The van der Waals surface area contributed by atoms with E-state index in [1.165, 1.54) is 23.5 Å². The second kappa shape index (κ2) is 6.01. The highest BCUT2D eigenvalue weighted by atomic mass is 32.2. The minimum atomic E-state index is -3.53. The van der Waals surface area contributed by atoms with Crippen molar-refractivity contribution in [2.45, 2.75) is 17.3 Å². The van der Waals surface area contributed by atoms with Crippen molar-refractivity contribution in [3.8, 4) is 0 Å². The van der Waals surface area contributed by atoms with Crippen molar-refractivity contribution in [2.75, 3.05) is 7.05 Å². The minimum Gasteiger partial charge on any atom is -0.326 e. The zero-order chi connectivity index (χ0) is 14.8. The molecule has 1 heterocycles. The summed E-state index contributed by atoms with van der Waals surface area (Å²) in [5, 5.41) is 1.73. The standard InChI is InChI=1S/C13H15FN2O2S2/c1-16(8-10-2-4-12(14)5-3-10)20(17,18)13-6-11(7-15)9-19-13/h2-6,9H,7-8,15H2,1H3. The Bertz CT molecular complexity index is 681. The molecular weight excluding hydrogens is 299 g/mol. The zero-order valence-electron chi connectivity index (χ0n) is 10.9. The molecule has 20 heavy (non-hydrogen) atoms. The van der Waals surface area contributed by atoms with Crippen molar-refractivity contribution in [1.29, 1.82) is 0 Å². The molecule has 0 unspecified atom stereocenters. The quantitative estimate of drug-likeness (QED) is 0.920. The van der Waals surface area contributed by atoms with E-state index in [2.05, 4.69) is 0 Å². The third-order valence-electron chi connectivity index (χ3n) is 2.85. The molecule has 0 aliphatic rings. The van der Waals surface area contributed by atoms with Crippen LogP contribution in [0.3, 0.4) is 0 Å². The SMILES string of the molecule is CN(Cc1ccc(F)cc1)S(=O)(=O)c1cc(CN)cs1. The smallest absolute Gasteiger partial charge is 0.252 e. The van der Waals surface area contributed by atoms with Gasteiger partial charge in [0.05, 0.1) is 0 Å². The summed E-state index contributed by atoms with van der Waals surface area (Å²) in [5.41, 5.74) is 7.01. The van der Waals surface area contributed by atoms with Crippen molar-refractivity contribution >= 4 is 21.4 Å². The minimum absolute atomic E-state index is 0.193. The van der Waals surface area contributed by atoms with Gasteiger partial charge in [0.2, 0.25) is 0 Å². The molecule has 108 valence electrons. The lowest BCUT2D eigenvalue weighted by Crippen LogP contribution is -2.25. The second-order valence-electron chi connectivity index (χ2n) is 4.37. The van der Waals surface area contributed by atoms with E-state index in [1.54, 1.807) is 23.6 Å². The molecule has 2 aromatic rings. The van der Waals surface area contributed by atoms with Gasteiger partial charge in [0, 0.05) is 20.1 Å². The molecule has 7 heteroatoms. The first-order chi connectivity index (χ1) is 9.43. The fourth-order valence-corrected chi connectivity index (χ4v) is 4.27. The van der Waals surface area contributed by atoms with Gasteiger partial charge in [-0.25, -0.2) is 12.8 Å². The molecule has 0 fully saturated rings. The predicted molar refractivity (Wildman–Crippen MR) is 77.3 cm³/mol. The van der Waals surface area contributed by atoms with Crippen LogP contribution in [0.5, 0.6) is 0 Å². The molecule has 0 amide bonds. The number of benzene rings is 1. The number of rotatable bonds is 5. The Morgan fingerprint density at radius 3 is 2.45 bits per heavy atom. The van der Waals surface area contributed by atoms with Crippen LogP contribution in [-0.4, -0.2) is 19.8 Å². The Balaban J connectivity index is 2.18. The number of sulfonamides is 1. The molecule has 4 nitrogen and oxygen atoms in total. The third-order valence-corrected chi connectivity index (χ3v) is 6.12. The molecule has 2 N–H and O–H groups in total. The van der Waals surface area contributed by atoms with E-state index in [0.717, 1.165) is 22.5 Å². The Morgan fingerprint density at radius 1 is 1.25 bits per heavy atom. The molecular formula is C13H15FN2O2S2. The zero-order valence-corrected chi connectivity index (χ0v) is 12.5. The second-order valence-corrected chi connectivity index (χ2v) is 7.55. The van der Waals surface area contributed by atoms with Crippen LogP contribution < -0.4 is 5.73 Å². The van der Waals surface area contributed by atoms with Crippen LogP contribution in [0.25, 0.3) is 0 Å². The van der Waals surface area contributed by atoms with Gasteiger partial charge in [-0.15, -0.1) is 11.3 Å². The maximum Gasteiger partial charge on any atom is 0.252 e. The topological polar surface area (TPSA) is 63.4 Å². The van der Waals surface area contributed by atoms with Gasteiger partial charge in [-0.05, 0) is 34.7 Å². The lowest BCUT2D eigenvalue weighted by molar-refractivity contribution is 0.468. The normalized spacial score (nSPS) is 12.0. The van der Waals surface area contributed by atoms with Crippen LogP contribution in [0.15, 0.2) is 39.9 Å². The summed E-state index contributed by atoms with van der Waals surface area (Å²) in [5.74, 6) is -0.342. The average Bonchev–Trinajstić information content (AvgIpc) is 2.90. The number of halogens is 1. The van der Waals surface area contributed by atoms with Gasteiger partial charge in [-0.3, -0.25) is 0 Å². The summed E-state index contributed by atoms with van der Waals surface area (Å²) < 4.78 is 39.0. The first kappa shape index (κ1) is 15.1. The Hall–Kier alpha value is -1.28. The summed E-state index contributed by atoms with van der Waals surface area (Å²) in [6.07, 6.45) is 0. The lowest BCUT2D eigenvalue weighted by Gasteiger charge is -2.16. The number of nitrogens with two attached hydrogens (primary N) is 1. The Kier molecular flexibility index (Phi) is 4.54. The fraction of sp³-hybridized carbons (Fsp3) is 0.231. The monoisotopic (exact) mass is 314 g/mol. The van der Waals surface area contributed by atoms with Gasteiger partial charge < -0.3 is 5.73 Å². The molecule has 1 aromatic heterocycles. The van der Waals surface area contributed by atoms with Crippen LogP contribution in [0.4, 0.5) is 4.39 Å². The van der Waals surface area contributed by atoms with Gasteiger partial charge in [-0.2, -0.15) is 4.31 Å². The Labute approximate surface area is 121 Å². The summed E-state index contributed by atoms with van der Waals surface area (Å²) >= 11 is 1.15. The number of nitrogens with zero attached hydrogens (tertiary/aromatic N) is 1. The molecule has 0 aliphatic carbocycles. The summed E-state index contributed by atoms with van der Waals surface area (Å²) in [6.45, 7) is 0.506. The molecule has 0 spiro atoms. The van der Waals surface area contributed by atoms with E-state index >= 15 is 0 Å². The van der Waals surface area contributed by atoms with E-state index < -0.39 is 10.0 Å².